The van der Waals surface area contributed by atoms with E-state index in [1.807, 2.05) is 0 Å². The zero-order valence-corrected chi connectivity index (χ0v) is 15.0. The van der Waals surface area contributed by atoms with E-state index < -0.39 is 47.0 Å². The Balaban J connectivity index is 1.67. The molecule has 1 aromatic carbocycles. The molecule has 1 amide bonds. The highest BCUT2D eigenvalue weighted by molar-refractivity contribution is 7.99. The largest absolute Gasteiger partial charge is 0.466 e. The summed E-state index contributed by atoms with van der Waals surface area (Å²) in [6.07, 6.45) is 1.46. The Morgan fingerprint density at radius 3 is 2.74 bits per heavy atom. The maximum absolute atomic E-state index is 13.6. The van der Waals surface area contributed by atoms with Gasteiger partial charge >= 0.3 is 5.97 Å². The number of rotatable bonds is 5. The van der Waals surface area contributed by atoms with Crippen LogP contribution >= 0.6 is 11.8 Å². The summed E-state index contributed by atoms with van der Waals surface area (Å²) in [5.74, 6) is -2.93. The lowest BCUT2D eigenvalue weighted by Gasteiger charge is -2.25. The quantitative estimate of drug-likeness (QED) is 0.572. The molecule has 0 N–H and O–H groups in total. The minimum atomic E-state index is -0.909. The van der Waals surface area contributed by atoms with Crippen molar-refractivity contribution in [2.24, 2.45) is 0 Å². The molecule has 142 valence electrons. The van der Waals surface area contributed by atoms with Gasteiger partial charge in [0.25, 0.3) is 0 Å². The number of esters is 1. The standard InChI is InChI=1S/C18H15F2NO5S/c1-10(22)21-14(9-27-17(21)16-3-2-6-25-16)18(24)26-8-15(23)12-7-11(19)4-5-13(12)20/h2-7,14,17H,8-9H2,1H3/t14-,17+/m1/s1. The number of nitrogens with zero attached hydrogens (tertiary/aromatic N) is 1. The number of Topliss-reactive ketones (excluding diaryl/α,β-unsaturated/α-hetero) is 1. The third-order valence-corrected chi connectivity index (χ3v) is 5.28. The van der Waals surface area contributed by atoms with Crippen molar-refractivity contribution in [3.05, 3.63) is 59.6 Å². The number of benzene rings is 1. The van der Waals surface area contributed by atoms with Crippen molar-refractivity contribution in [1.82, 2.24) is 4.90 Å². The normalized spacial score (nSPS) is 19.1. The summed E-state index contributed by atoms with van der Waals surface area (Å²) in [6.45, 7) is 0.562. The summed E-state index contributed by atoms with van der Waals surface area (Å²) in [7, 11) is 0. The second-order valence-electron chi connectivity index (χ2n) is 5.80. The van der Waals surface area contributed by atoms with Crippen molar-refractivity contribution in [2.75, 3.05) is 12.4 Å². The third kappa shape index (κ3) is 4.02. The minimum absolute atomic E-state index is 0.256. The molecule has 0 radical (unpaired) electrons. The molecule has 1 fully saturated rings. The first-order valence-corrected chi connectivity index (χ1v) is 9.02. The number of halogens is 2. The van der Waals surface area contributed by atoms with Crippen molar-refractivity contribution in [1.29, 1.82) is 0 Å². The van der Waals surface area contributed by atoms with Crippen molar-refractivity contribution < 1.29 is 32.3 Å². The molecule has 27 heavy (non-hydrogen) atoms. The Bertz CT molecular complexity index is 871. The number of furan rings is 1. The average Bonchev–Trinajstić information content (AvgIpc) is 3.30. The van der Waals surface area contributed by atoms with Gasteiger partial charge in [0.2, 0.25) is 11.7 Å². The molecule has 0 spiro atoms. The number of hydrogen-bond acceptors (Lipinski definition) is 6. The molecular formula is C18H15F2NO5S. The van der Waals surface area contributed by atoms with E-state index in [1.54, 1.807) is 12.1 Å². The molecule has 1 aliphatic rings. The molecule has 1 saturated heterocycles. The summed E-state index contributed by atoms with van der Waals surface area (Å²) in [4.78, 5) is 37.7. The van der Waals surface area contributed by atoms with Gasteiger partial charge in [-0.25, -0.2) is 13.6 Å². The van der Waals surface area contributed by atoms with E-state index in [2.05, 4.69) is 0 Å². The summed E-state index contributed by atoms with van der Waals surface area (Å²) < 4.78 is 37.1. The lowest BCUT2D eigenvalue weighted by molar-refractivity contribution is -0.152. The van der Waals surface area contributed by atoms with Gasteiger partial charge in [0.15, 0.2) is 6.61 Å². The van der Waals surface area contributed by atoms with Gasteiger partial charge in [-0.2, -0.15) is 0 Å². The SMILES string of the molecule is CC(=O)N1[C@@H](C(=O)OCC(=O)c2cc(F)ccc2F)CS[C@H]1c1ccco1. The van der Waals surface area contributed by atoms with Crippen LogP contribution in [0, 0.1) is 11.6 Å². The Morgan fingerprint density at radius 2 is 2.07 bits per heavy atom. The van der Waals surface area contributed by atoms with Gasteiger partial charge in [0.1, 0.15) is 28.8 Å². The summed E-state index contributed by atoms with van der Waals surface area (Å²) in [6, 6.07) is 4.90. The van der Waals surface area contributed by atoms with E-state index in [-0.39, 0.29) is 11.7 Å². The van der Waals surface area contributed by atoms with E-state index in [0.717, 1.165) is 18.2 Å². The van der Waals surface area contributed by atoms with Crippen LogP contribution in [0.3, 0.4) is 0 Å². The molecule has 2 heterocycles. The number of ketones is 1. The number of ether oxygens (including phenoxy) is 1. The van der Waals surface area contributed by atoms with Crippen LogP contribution in [0.4, 0.5) is 8.78 Å². The van der Waals surface area contributed by atoms with Crippen LogP contribution < -0.4 is 0 Å². The van der Waals surface area contributed by atoms with Crippen LogP contribution in [0.1, 0.15) is 28.4 Å². The van der Waals surface area contributed by atoms with Crippen molar-refractivity contribution in [3.63, 3.8) is 0 Å². The highest BCUT2D eigenvalue weighted by atomic mass is 32.2. The smallest absolute Gasteiger partial charge is 0.330 e. The molecule has 0 bridgehead atoms. The van der Waals surface area contributed by atoms with E-state index in [0.29, 0.717) is 5.76 Å². The van der Waals surface area contributed by atoms with Gasteiger partial charge in [-0.1, -0.05) is 0 Å². The van der Waals surface area contributed by atoms with Crippen molar-refractivity contribution in [2.45, 2.75) is 18.3 Å². The number of hydrogen-bond donors (Lipinski definition) is 0. The van der Waals surface area contributed by atoms with Crippen LogP contribution in [-0.2, 0) is 14.3 Å². The highest BCUT2D eigenvalue weighted by Crippen LogP contribution is 2.41. The Kier molecular flexibility index (Phi) is 5.59. The molecule has 1 aliphatic heterocycles. The van der Waals surface area contributed by atoms with Gasteiger partial charge in [-0.05, 0) is 30.3 Å². The van der Waals surface area contributed by atoms with Crippen LogP contribution in [0.2, 0.25) is 0 Å². The second-order valence-corrected chi connectivity index (χ2v) is 6.91. The molecular weight excluding hydrogens is 380 g/mol. The highest BCUT2D eigenvalue weighted by Gasteiger charge is 2.43. The van der Waals surface area contributed by atoms with E-state index >= 15 is 0 Å². The van der Waals surface area contributed by atoms with Crippen LogP contribution in [0.5, 0.6) is 0 Å². The predicted molar refractivity (Wildman–Crippen MR) is 91.9 cm³/mol. The van der Waals surface area contributed by atoms with Gasteiger partial charge in [-0.15, -0.1) is 11.8 Å². The Hall–Kier alpha value is -2.68. The zero-order chi connectivity index (χ0) is 19.6. The molecule has 1 aromatic heterocycles. The predicted octanol–water partition coefficient (Wildman–Crippen LogP) is 2.95. The van der Waals surface area contributed by atoms with Crippen LogP contribution in [-0.4, -0.2) is 41.0 Å². The molecule has 0 unspecified atom stereocenters. The lowest BCUT2D eigenvalue weighted by atomic mass is 10.1. The molecule has 0 aliphatic carbocycles. The average molecular weight is 395 g/mol. The molecule has 2 atom stereocenters. The number of carbonyl (C=O) groups excluding carboxylic acids is 3. The second kappa shape index (κ2) is 7.91. The first kappa shape index (κ1) is 19.1. The number of thioether (sulfide) groups is 1. The molecule has 0 saturated carbocycles. The van der Waals surface area contributed by atoms with E-state index in [4.69, 9.17) is 9.15 Å². The van der Waals surface area contributed by atoms with Crippen LogP contribution in [0.25, 0.3) is 0 Å². The van der Waals surface area contributed by atoms with Crippen molar-refractivity contribution in [3.8, 4) is 0 Å². The third-order valence-electron chi connectivity index (χ3n) is 4.00. The van der Waals surface area contributed by atoms with Gasteiger partial charge < -0.3 is 14.1 Å². The topological polar surface area (TPSA) is 76.8 Å². The first-order chi connectivity index (χ1) is 12.9. The molecule has 3 rings (SSSR count). The van der Waals surface area contributed by atoms with Gasteiger partial charge in [0.05, 0.1) is 11.8 Å². The van der Waals surface area contributed by atoms with Crippen LogP contribution in [0.15, 0.2) is 41.0 Å². The number of amides is 1. The fourth-order valence-corrected chi connectivity index (χ4v) is 4.16. The van der Waals surface area contributed by atoms with Crippen molar-refractivity contribution >= 4 is 29.4 Å². The summed E-state index contributed by atoms with van der Waals surface area (Å²) in [5, 5.41) is -0.480. The summed E-state index contributed by atoms with van der Waals surface area (Å²) in [5.41, 5.74) is -0.500. The van der Waals surface area contributed by atoms with E-state index in [9.17, 15) is 23.2 Å². The molecule has 6 nitrogen and oxygen atoms in total. The Morgan fingerprint density at radius 1 is 1.30 bits per heavy atom. The lowest BCUT2D eigenvalue weighted by Crippen LogP contribution is -2.43. The van der Waals surface area contributed by atoms with Gasteiger partial charge in [0, 0.05) is 12.7 Å². The zero-order valence-electron chi connectivity index (χ0n) is 14.2. The Labute approximate surface area is 157 Å². The molecule has 9 heteroatoms. The monoisotopic (exact) mass is 395 g/mol. The fourth-order valence-electron chi connectivity index (χ4n) is 2.75. The number of carbonyl (C=O) groups is 3. The molecule has 2 aromatic rings. The van der Waals surface area contributed by atoms with E-state index in [1.165, 1.54) is 29.8 Å². The maximum Gasteiger partial charge on any atom is 0.330 e. The minimum Gasteiger partial charge on any atom is -0.466 e. The fraction of sp³-hybridized carbons (Fsp3) is 0.278. The summed E-state index contributed by atoms with van der Waals surface area (Å²) >= 11 is 1.32. The maximum atomic E-state index is 13.6. The first-order valence-electron chi connectivity index (χ1n) is 7.97. The van der Waals surface area contributed by atoms with Gasteiger partial charge in [-0.3, -0.25) is 9.59 Å².